The Morgan fingerprint density at radius 2 is 1.81 bits per heavy atom. The van der Waals surface area contributed by atoms with Gasteiger partial charge in [-0.3, -0.25) is 4.79 Å². The summed E-state index contributed by atoms with van der Waals surface area (Å²) < 4.78 is 5.02. The number of carboxylic acid groups (broad SMARTS) is 2. The molecule has 0 spiro atoms. The Labute approximate surface area is 92.3 Å². The van der Waals surface area contributed by atoms with Crippen LogP contribution in [0.15, 0.2) is 30.3 Å². The molecule has 0 amide bonds. The highest BCUT2D eigenvalue weighted by atomic mass is 16.5. The quantitative estimate of drug-likeness (QED) is 0.756. The van der Waals surface area contributed by atoms with E-state index >= 15 is 0 Å². The maximum Gasteiger partial charge on any atom is 0.333 e. The molecule has 0 unspecified atom stereocenters. The van der Waals surface area contributed by atoms with E-state index in [1.165, 1.54) is 0 Å². The fourth-order valence-electron chi connectivity index (χ4n) is 1.15. The Balaban J connectivity index is 2.50. The third-order valence-electron chi connectivity index (χ3n) is 1.93. The lowest BCUT2D eigenvalue weighted by molar-refractivity contribution is -0.157. The molecule has 1 atom stereocenters. The summed E-state index contributed by atoms with van der Waals surface area (Å²) in [7, 11) is 0. The van der Waals surface area contributed by atoms with Gasteiger partial charge >= 0.3 is 11.9 Å². The lowest BCUT2D eigenvalue weighted by Gasteiger charge is -2.11. The molecular weight excluding hydrogens is 212 g/mol. The minimum Gasteiger partial charge on any atom is -0.481 e. The standard InChI is InChI=1S/C11H12O5/c12-10(13)6-9(11(14)15)16-7-8-4-2-1-3-5-8/h1-5,9H,6-7H2,(H,12,13)(H,14,15)/t9-/m0/s1. The van der Waals surface area contributed by atoms with Crippen molar-refractivity contribution in [1.82, 2.24) is 0 Å². The number of carboxylic acids is 2. The van der Waals surface area contributed by atoms with Gasteiger partial charge in [0.1, 0.15) is 0 Å². The van der Waals surface area contributed by atoms with Crippen LogP contribution in [0.4, 0.5) is 0 Å². The second kappa shape index (κ2) is 5.87. The first kappa shape index (κ1) is 12.2. The number of hydrogen-bond donors (Lipinski definition) is 2. The van der Waals surface area contributed by atoms with Crippen LogP contribution in [-0.2, 0) is 20.9 Å². The first-order valence-electron chi connectivity index (χ1n) is 4.69. The minimum absolute atomic E-state index is 0.0884. The molecule has 0 aliphatic carbocycles. The second-order valence-electron chi connectivity index (χ2n) is 3.22. The molecule has 0 fully saturated rings. The largest absolute Gasteiger partial charge is 0.481 e. The van der Waals surface area contributed by atoms with Gasteiger partial charge in [0, 0.05) is 0 Å². The fourth-order valence-corrected chi connectivity index (χ4v) is 1.15. The smallest absolute Gasteiger partial charge is 0.333 e. The molecule has 5 heteroatoms. The number of rotatable bonds is 6. The summed E-state index contributed by atoms with van der Waals surface area (Å²) in [4.78, 5) is 21.1. The Morgan fingerprint density at radius 3 is 2.31 bits per heavy atom. The van der Waals surface area contributed by atoms with Crippen LogP contribution in [-0.4, -0.2) is 28.3 Å². The van der Waals surface area contributed by atoms with Crippen LogP contribution >= 0.6 is 0 Å². The fraction of sp³-hybridized carbons (Fsp3) is 0.273. The average Bonchev–Trinajstić information content (AvgIpc) is 2.25. The number of aliphatic carboxylic acids is 2. The highest BCUT2D eigenvalue weighted by Crippen LogP contribution is 2.06. The van der Waals surface area contributed by atoms with Crippen molar-refractivity contribution in [2.45, 2.75) is 19.1 Å². The van der Waals surface area contributed by atoms with Crippen LogP contribution in [0.2, 0.25) is 0 Å². The van der Waals surface area contributed by atoms with Gasteiger partial charge in [-0.1, -0.05) is 30.3 Å². The molecule has 0 bridgehead atoms. The summed E-state index contributed by atoms with van der Waals surface area (Å²) in [5.41, 5.74) is 0.805. The summed E-state index contributed by atoms with van der Waals surface area (Å²) in [6, 6.07) is 8.98. The summed E-state index contributed by atoms with van der Waals surface area (Å²) in [5, 5.41) is 17.2. The highest BCUT2D eigenvalue weighted by Gasteiger charge is 2.21. The first-order chi connectivity index (χ1) is 7.59. The zero-order valence-corrected chi connectivity index (χ0v) is 8.50. The zero-order chi connectivity index (χ0) is 12.0. The molecule has 0 aliphatic rings. The van der Waals surface area contributed by atoms with Gasteiger partial charge in [-0.05, 0) is 5.56 Å². The molecule has 86 valence electrons. The second-order valence-corrected chi connectivity index (χ2v) is 3.22. The van der Waals surface area contributed by atoms with E-state index in [2.05, 4.69) is 0 Å². The third-order valence-corrected chi connectivity index (χ3v) is 1.93. The van der Waals surface area contributed by atoms with Crippen molar-refractivity contribution in [2.75, 3.05) is 0 Å². The van der Waals surface area contributed by atoms with E-state index in [0.717, 1.165) is 5.56 Å². The van der Waals surface area contributed by atoms with Gasteiger partial charge in [0.25, 0.3) is 0 Å². The van der Waals surface area contributed by atoms with E-state index < -0.39 is 24.5 Å². The molecule has 0 heterocycles. The molecule has 1 rings (SSSR count). The molecule has 1 aromatic rings. The maximum absolute atomic E-state index is 10.7. The van der Waals surface area contributed by atoms with Gasteiger partial charge in [-0.2, -0.15) is 0 Å². The molecule has 0 aliphatic heterocycles. The van der Waals surface area contributed by atoms with E-state index in [4.69, 9.17) is 14.9 Å². The van der Waals surface area contributed by atoms with Crippen molar-refractivity contribution in [3.05, 3.63) is 35.9 Å². The van der Waals surface area contributed by atoms with Crippen molar-refractivity contribution < 1.29 is 24.5 Å². The van der Waals surface area contributed by atoms with E-state index in [0.29, 0.717) is 0 Å². The number of carbonyl (C=O) groups is 2. The number of ether oxygens (including phenoxy) is 1. The molecule has 2 N–H and O–H groups in total. The van der Waals surface area contributed by atoms with E-state index in [1.54, 1.807) is 24.3 Å². The van der Waals surface area contributed by atoms with Gasteiger partial charge < -0.3 is 14.9 Å². The first-order valence-corrected chi connectivity index (χ1v) is 4.69. The molecule has 0 aromatic heterocycles. The number of benzene rings is 1. The van der Waals surface area contributed by atoms with Crippen LogP contribution in [0.25, 0.3) is 0 Å². The Morgan fingerprint density at radius 1 is 1.19 bits per heavy atom. The number of hydrogen-bond acceptors (Lipinski definition) is 3. The topological polar surface area (TPSA) is 83.8 Å². The normalized spacial score (nSPS) is 12.0. The molecule has 0 saturated carbocycles. The van der Waals surface area contributed by atoms with Crippen LogP contribution in [0, 0.1) is 0 Å². The van der Waals surface area contributed by atoms with Gasteiger partial charge in [0.05, 0.1) is 13.0 Å². The van der Waals surface area contributed by atoms with Crippen LogP contribution in [0.5, 0.6) is 0 Å². The molecule has 0 saturated heterocycles. The van der Waals surface area contributed by atoms with E-state index in [1.807, 2.05) is 6.07 Å². The molecular formula is C11H12O5. The van der Waals surface area contributed by atoms with Gasteiger partial charge in [-0.25, -0.2) is 4.79 Å². The monoisotopic (exact) mass is 224 g/mol. The lowest BCUT2D eigenvalue weighted by Crippen LogP contribution is -2.26. The van der Waals surface area contributed by atoms with Crippen LogP contribution in [0.1, 0.15) is 12.0 Å². The lowest BCUT2D eigenvalue weighted by atomic mass is 10.2. The molecule has 5 nitrogen and oxygen atoms in total. The Kier molecular flexibility index (Phi) is 4.47. The van der Waals surface area contributed by atoms with Gasteiger partial charge in [-0.15, -0.1) is 0 Å². The molecule has 16 heavy (non-hydrogen) atoms. The van der Waals surface area contributed by atoms with Gasteiger partial charge in [0.15, 0.2) is 6.10 Å². The highest BCUT2D eigenvalue weighted by molar-refractivity contribution is 5.79. The SMILES string of the molecule is O=C(O)C[C@H](OCc1ccccc1)C(=O)O. The minimum atomic E-state index is -1.31. The van der Waals surface area contributed by atoms with Crippen LogP contribution < -0.4 is 0 Å². The predicted octanol–water partition coefficient (Wildman–Crippen LogP) is 1.13. The van der Waals surface area contributed by atoms with E-state index in [-0.39, 0.29) is 6.61 Å². The Hall–Kier alpha value is -1.88. The van der Waals surface area contributed by atoms with Crippen LogP contribution in [0.3, 0.4) is 0 Å². The van der Waals surface area contributed by atoms with Crippen molar-refractivity contribution in [2.24, 2.45) is 0 Å². The van der Waals surface area contributed by atoms with Crippen molar-refractivity contribution >= 4 is 11.9 Å². The van der Waals surface area contributed by atoms with Crippen molar-refractivity contribution in [1.29, 1.82) is 0 Å². The predicted molar refractivity (Wildman–Crippen MR) is 54.9 cm³/mol. The summed E-state index contributed by atoms with van der Waals surface area (Å²) >= 11 is 0. The third kappa shape index (κ3) is 4.10. The van der Waals surface area contributed by atoms with Gasteiger partial charge in [0.2, 0.25) is 0 Å². The maximum atomic E-state index is 10.7. The average molecular weight is 224 g/mol. The molecule has 0 radical (unpaired) electrons. The van der Waals surface area contributed by atoms with E-state index in [9.17, 15) is 9.59 Å². The summed E-state index contributed by atoms with van der Waals surface area (Å²) in [6.07, 6.45) is -1.85. The summed E-state index contributed by atoms with van der Waals surface area (Å²) in [5.74, 6) is -2.46. The molecule has 1 aromatic carbocycles. The zero-order valence-electron chi connectivity index (χ0n) is 8.50. The van der Waals surface area contributed by atoms with Crippen molar-refractivity contribution in [3.8, 4) is 0 Å². The summed E-state index contributed by atoms with van der Waals surface area (Å²) in [6.45, 7) is 0.0884. The Bertz CT molecular complexity index is 360. The van der Waals surface area contributed by atoms with Crippen molar-refractivity contribution in [3.63, 3.8) is 0 Å².